The number of amides is 1. The zero-order valence-corrected chi connectivity index (χ0v) is 10.1. The minimum atomic E-state index is -0.0904. The third-order valence-electron chi connectivity index (χ3n) is 2.88. The lowest BCUT2D eigenvalue weighted by molar-refractivity contribution is -0.121. The monoisotopic (exact) mass is 232 g/mol. The lowest BCUT2D eigenvalue weighted by Gasteiger charge is -2.30. The number of anilines is 1. The maximum absolute atomic E-state index is 11.8. The predicted molar refractivity (Wildman–Crippen MR) is 67.1 cm³/mol. The molecule has 0 radical (unpaired) electrons. The van der Waals surface area contributed by atoms with Gasteiger partial charge in [-0.15, -0.1) is 0 Å². The third-order valence-corrected chi connectivity index (χ3v) is 2.88. The van der Waals surface area contributed by atoms with Gasteiger partial charge in [-0.3, -0.25) is 4.79 Å². The van der Waals surface area contributed by atoms with E-state index in [0.717, 1.165) is 22.6 Å². The first-order chi connectivity index (χ1) is 7.99. The van der Waals surface area contributed by atoms with Gasteiger partial charge >= 0.3 is 0 Å². The van der Waals surface area contributed by atoms with Crippen molar-refractivity contribution in [2.45, 2.75) is 13.8 Å². The number of carbonyl (C=O) groups excluding carboxylic acids is 1. The van der Waals surface area contributed by atoms with Gasteiger partial charge in [-0.25, -0.2) is 0 Å². The molecule has 0 bridgehead atoms. The number of rotatable bonds is 2. The highest BCUT2D eigenvalue weighted by Gasteiger charge is 2.26. The van der Waals surface area contributed by atoms with E-state index in [0.29, 0.717) is 12.2 Å². The Kier molecular flexibility index (Phi) is 2.79. The molecule has 1 aromatic rings. The molecule has 4 nitrogen and oxygen atoms in total. The van der Waals surface area contributed by atoms with Crippen LogP contribution in [0.25, 0.3) is 0 Å². The fraction of sp³-hybridized carbons (Fsp3) is 0.308. The van der Waals surface area contributed by atoms with Crippen molar-refractivity contribution in [3.05, 3.63) is 35.5 Å². The van der Waals surface area contributed by atoms with Gasteiger partial charge in [0, 0.05) is 5.70 Å². The molecule has 4 heteroatoms. The zero-order valence-electron chi connectivity index (χ0n) is 10.1. The van der Waals surface area contributed by atoms with Crippen LogP contribution >= 0.6 is 0 Å². The lowest BCUT2D eigenvalue weighted by Crippen LogP contribution is -2.40. The average Bonchev–Trinajstić information content (AvgIpc) is 2.25. The van der Waals surface area contributed by atoms with Gasteiger partial charge in [0.2, 0.25) is 0 Å². The van der Waals surface area contributed by atoms with Gasteiger partial charge in [-0.1, -0.05) is 6.58 Å². The summed E-state index contributed by atoms with van der Waals surface area (Å²) in [5.74, 6) is 0.640. The second kappa shape index (κ2) is 4.13. The average molecular weight is 232 g/mol. The molecule has 0 unspecified atom stereocenters. The fourth-order valence-corrected chi connectivity index (χ4v) is 1.83. The molecule has 0 aromatic heterocycles. The quantitative estimate of drug-likeness (QED) is 0.840. The van der Waals surface area contributed by atoms with Crippen molar-refractivity contribution in [2.24, 2.45) is 5.73 Å². The summed E-state index contributed by atoms with van der Waals surface area (Å²) in [5, 5.41) is 0. The molecule has 0 spiro atoms. The molecule has 1 heterocycles. The van der Waals surface area contributed by atoms with Crippen molar-refractivity contribution in [3.8, 4) is 5.75 Å². The van der Waals surface area contributed by atoms with E-state index in [1.165, 1.54) is 0 Å². The minimum Gasteiger partial charge on any atom is -0.482 e. The molecule has 0 atom stereocenters. The number of ether oxygens (including phenoxy) is 1. The molecule has 2 N–H and O–H groups in total. The highest BCUT2D eigenvalue weighted by molar-refractivity contribution is 5.98. The standard InChI is InChI=1S/C13H16N2O2/c1-8-4-11-12(5-9(8)2)17-7-13(16)15(11)6-10(3)14/h4-5H,3,6-7,14H2,1-2H3. The predicted octanol–water partition coefficient (Wildman–Crippen LogP) is 1.50. The summed E-state index contributed by atoms with van der Waals surface area (Å²) >= 11 is 0. The molecule has 1 aromatic carbocycles. The van der Waals surface area contributed by atoms with Gasteiger partial charge in [0.15, 0.2) is 6.61 Å². The number of aryl methyl sites for hydroxylation is 2. The fourth-order valence-electron chi connectivity index (χ4n) is 1.83. The highest BCUT2D eigenvalue weighted by atomic mass is 16.5. The first kappa shape index (κ1) is 11.5. The molecule has 0 aliphatic carbocycles. The highest BCUT2D eigenvalue weighted by Crippen LogP contribution is 2.34. The largest absolute Gasteiger partial charge is 0.482 e. The van der Waals surface area contributed by atoms with Crippen LogP contribution in [0.3, 0.4) is 0 Å². The van der Waals surface area contributed by atoms with Gasteiger partial charge in [-0.2, -0.15) is 0 Å². The van der Waals surface area contributed by atoms with E-state index in [9.17, 15) is 4.79 Å². The van der Waals surface area contributed by atoms with E-state index >= 15 is 0 Å². The van der Waals surface area contributed by atoms with Crippen LogP contribution in [0.5, 0.6) is 5.75 Å². The summed E-state index contributed by atoms with van der Waals surface area (Å²) in [5.41, 5.74) is 9.08. The van der Waals surface area contributed by atoms with Gasteiger partial charge in [0.1, 0.15) is 5.75 Å². The number of nitrogens with two attached hydrogens (primary N) is 1. The maximum atomic E-state index is 11.8. The van der Waals surface area contributed by atoms with Crippen LogP contribution in [0.4, 0.5) is 5.69 Å². The van der Waals surface area contributed by atoms with Crippen molar-refractivity contribution in [3.63, 3.8) is 0 Å². The Hall–Kier alpha value is -1.97. The summed E-state index contributed by atoms with van der Waals surface area (Å²) in [6.07, 6.45) is 0. The summed E-state index contributed by atoms with van der Waals surface area (Å²) in [4.78, 5) is 13.4. The molecule has 17 heavy (non-hydrogen) atoms. The van der Waals surface area contributed by atoms with Gasteiger partial charge in [-0.05, 0) is 37.1 Å². The van der Waals surface area contributed by atoms with Crippen LogP contribution in [0, 0.1) is 13.8 Å². The summed E-state index contributed by atoms with van der Waals surface area (Å²) in [7, 11) is 0. The van der Waals surface area contributed by atoms with Crippen molar-refractivity contribution in [1.29, 1.82) is 0 Å². The summed E-state index contributed by atoms with van der Waals surface area (Å²) in [6.45, 7) is 8.05. The minimum absolute atomic E-state index is 0.0583. The molecule has 90 valence electrons. The van der Waals surface area contributed by atoms with Crippen molar-refractivity contribution in [2.75, 3.05) is 18.1 Å². The summed E-state index contributed by atoms with van der Waals surface area (Å²) < 4.78 is 5.42. The topological polar surface area (TPSA) is 55.6 Å². The number of hydrogen-bond donors (Lipinski definition) is 1. The Bertz CT molecular complexity index is 494. The molecule has 1 aliphatic heterocycles. The lowest BCUT2D eigenvalue weighted by atomic mass is 10.1. The van der Waals surface area contributed by atoms with Crippen LogP contribution in [0.15, 0.2) is 24.4 Å². The Morgan fingerprint density at radius 2 is 2.12 bits per heavy atom. The number of benzene rings is 1. The van der Waals surface area contributed by atoms with E-state index in [1.54, 1.807) is 4.90 Å². The SMILES string of the molecule is C=C(N)CN1C(=O)COc2cc(C)c(C)cc21. The van der Waals surface area contributed by atoms with Gasteiger partial charge < -0.3 is 15.4 Å². The van der Waals surface area contributed by atoms with E-state index in [-0.39, 0.29) is 12.5 Å². The zero-order chi connectivity index (χ0) is 12.6. The molecule has 0 saturated carbocycles. The third kappa shape index (κ3) is 2.11. The van der Waals surface area contributed by atoms with E-state index in [1.807, 2.05) is 26.0 Å². The van der Waals surface area contributed by atoms with E-state index in [4.69, 9.17) is 10.5 Å². The molecule has 0 fully saturated rings. The normalized spacial score (nSPS) is 14.2. The van der Waals surface area contributed by atoms with Gasteiger partial charge in [0.05, 0.1) is 12.2 Å². The Labute approximate surface area is 101 Å². The second-order valence-electron chi connectivity index (χ2n) is 4.33. The van der Waals surface area contributed by atoms with Crippen molar-refractivity contribution in [1.82, 2.24) is 0 Å². The molecule has 1 aliphatic rings. The Balaban J connectivity index is 2.47. The smallest absolute Gasteiger partial charge is 0.265 e. The van der Waals surface area contributed by atoms with Crippen molar-refractivity contribution >= 4 is 11.6 Å². The molecule has 1 amide bonds. The number of hydrogen-bond acceptors (Lipinski definition) is 3. The Morgan fingerprint density at radius 1 is 1.47 bits per heavy atom. The van der Waals surface area contributed by atoms with Crippen LogP contribution in [-0.4, -0.2) is 19.1 Å². The molecular formula is C13H16N2O2. The van der Waals surface area contributed by atoms with Gasteiger partial charge in [0.25, 0.3) is 5.91 Å². The second-order valence-corrected chi connectivity index (χ2v) is 4.33. The van der Waals surface area contributed by atoms with Crippen molar-refractivity contribution < 1.29 is 9.53 Å². The van der Waals surface area contributed by atoms with Crippen LogP contribution in [0.2, 0.25) is 0 Å². The van der Waals surface area contributed by atoms with Crippen LogP contribution in [-0.2, 0) is 4.79 Å². The number of nitrogens with zero attached hydrogens (tertiary/aromatic N) is 1. The number of carbonyl (C=O) groups is 1. The summed E-state index contributed by atoms with van der Waals surface area (Å²) in [6, 6.07) is 3.90. The number of fused-ring (bicyclic) bond motifs is 1. The van der Waals surface area contributed by atoms with E-state index < -0.39 is 0 Å². The van der Waals surface area contributed by atoms with Crippen LogP contribution in [0.1, 0.15) is 11.1 Å². The van der Waals surface area contributed by atoms with E-state index in [2.05, 4.69) is 6.58 Å². The first-order valence-electron chi connectivity index (χ1n) is 5.46. The Morgan fingerprint density at radius 3 is 2.76 bits per heavy atom. The molecule has 2 rings (SSSR count). The molecular weight excluding hydrogens is 216 g/mol. The maximum Gasteiger partial charge on any atom is 0.265 e. The molecule has 0 saturated heterocycles. The van der Waals surface area contributed by atoms with Crippen LogP contribution < -0.4 is 15.4 Å². The first-order valence-corrected chi connectivity index (χ1v) is 5.46.